The van der Waals surface area contributed by atoms with Crippen LogP contribution in [0.5, 0.6) is 11.5 Å². The smallest absolute Gasteiger partial charge is 0.304 e. The third-order valence-corrected chi connectivity index (χ3v) is 7.51. The number of carboxylic acids is 1. The number of carbonyl (C=O) groups is 1. The highest BCUT2D eigenvalue weighted by molar-refractivity contribution is 5.76. The summed E-state index contributed by atoms with van der Waals surface area (Å²) in [6, 6.07) is 12.6. The lowest BCUT2D eigenvalue weighted by molar-refractivity contribution is -0.137. The van der Waals surface area contributed by atoms with Crippen LogP contribution in [0, 0.1) is 5.41 Å². The van der Waals surface area contributed by atoms with Gasteiger partial charge in [-0.15, -0.1) is 0 Å². The molecule has 0 bridgehead atoms. The average Bonchev–Trinajstić information content (AvgIpc) is 3.32. The van der Waals surface area contributed by atoms with Crippen molar-refractivity contribution in [3.8, 4) is 11.5 Å². The monoisotopic (exact) mass is 432 g/mol. The van der Waals surface area contributed by atoms with Crippen LogP contribution in [0.15, 0.2) is 42.0 Å². The summed E-state index contributed by atoms with van der Waals surface area (Å²) in [5.74, 6) is 0.667. The number of fused-ring (bicyclic) bond motifs is 2. The third-order valence-electron chi connectivity index (χ3n) is 7.51. The van der Waals surface area contributed by atoms with E-state index in [-0.39, 0.29) is 23.9 Å². The van der Waals surface area contributed by atoms with Crippen LogP contribution in [0.1, 0.15) is 87.2 Å². The quantitative estimate of drug-likeness (QED) is 0.572. The molecule has 32 heavy (non-hydrogen) atoms. The molecule has 0 aromatic heterocycles. The molecule has 4 nitrogen and oxygen atoms in total. The van der Waals surface area contributed by atoms with Crippen LogP contribution in [0.2, 0.25) is 0 Å². The van der Waals surface area contributed by atoms with Crippen molar-refractivity contribution in [1.29, 1.82) is 0 Å². The summed E-state index contributed by atoms with van der Waals surface area (Å²) < 4.78 is 12.2. The molecule has 2 aromatic carbocycles. The minimum Gasteiger partial charge on any atom is -0.492 e. The molecule has 1 heterocycles. The second-order valence-electron chi connectivity index (χ2n) is 10.2. The van der Waals surface area contributed by atoms with Crippen molar-refractivity contribution < 1.29 is 19.4 Å². The molecular formula is C28H32O4. The lowest BCUT2D eigenvalue weighted by Gasteiger charge is -2.36. The predicted octanol–water partition coefficient (Wildman–Crippen LogP) is 6.69. The molecule has 1 aliphatic heterocycles. The average molecular weight is 433 g/mol. The Kier molecular flexibility index (Phi) is 5.27. The van der Waals surface area contributed by atoms with E-state index in [0.717, 1.165) is 29.9 Å². The van der Waals surface area contributed by atoms with Gasteiger partial charge in [0.25, 0.3) is 0 Å². The minimum atomic E-state index is -0.795. The Morgan fingerprint density at radius 1 is 1.19 bits per heavy atom. The Morgan fingerprint density at radius 3 is 2.81 bits per heavy atom. The number of hydrogen-bond donors (Lipinski definition) is 1. The first-order valence-electron chi connectivity index (χ1n) is 11.8. The number of hydrogen-bond acceptors (Lipinski definition) is 3. The molecule has 0 radical (unpaired) electrons. The van der Waals surface area contributed by atoms with Gasteiger partial charge in [-0.1, -0.05) is 43.7 Å². The van der Waals surface area contributed by atoms with Gasteiger partial charge in [0.15, 0.2) is 0 Å². The Bertz CT molecular complexity index is 1090. The van der Waals surface area contributed by atoms with Gasteiger partial charge < -0.3 is 14.6 Å². The Labute approximate surface area is 190 Å². The van der Waals surface area contributed by atoms with Gasteiger partial charge in [0.05, 0.1) is 13.0 Å². The normalized spacial score (nSPS) is 23.5. The van der Waals surface area contributed by atoms with E-state index >= 15 is 0 Å². The maximum absolute atomic E-state index is 11.1. The zero-order chi connectivity index (χ0) is 22.5. The highest BCUT2D eigenvalue weighted by Crippen LogP contribution is 2.49. The number of aliphatic carboxylic acids is 1. The highest BCUT2D eigenvalue weighted by Gasteiger charge is 2.34. The predicted molar refractivity (Wildman–Crippen MR) is 125 cm³/mol. The molecule has 4 heteroatoms. The fraction of sp³-hybridized carbons (Fsp3) is 0.464. The van der Waals surface area contributed by atoms with Crippen molar-refractivity contribution in [2.75, 3.05) is 6.61 Å². The minimum absolute atomic E-state index is 0.0341. The molecule has 0 saturated heterocycles. The summed E-state index contributed by atoms with van der Waals surface area (Å²) >= 11 is 0. The van der Waals surface area contributed by atoms with E-state index in [0.29, 0.717) is 6.61 Å². The number of ether oxygens (including phenoxy) is 2. The molecule has 1 N–H and O–H groups in total. The van der Waals surface area contributed by atoms with Gasteiger partial charge in [-0.05, 0) is 72.8 Å². The van der Waals surface area contributed by atoms with Gasteiger partial charge in [0.1, 0.15) is 17.6 Å². The Balaban J connectivity index is 1.41. The zero-order valence-electron chi connectivity index (χ0n) is 19.2. The molecule has 0 fully saturated rings. The van der Waals surface area contributed by atoms with Crippen LogP contribution in [-0.4, -0.2) is 17.7 Å². The lowest BCUT2D eigenvalue weighted by Crippen LogP contribution is -2.20. The maximum Gasteiger partial charge on any atom is 0.304 e. The first-order valence-corrected chi connectivity index (χ1v) is 11.8. The van der Waals surface area contributed by atoms with Gasteiger partial charge in [0.2, 0.25) is 0 Å². The van der Waals surface area contributed by atoms with E-state index in [1.54, 1.807) is 0 Å². The molecule has 2 unspecified atom stereocenters. The lowest BCUT2D eigenvalue weighted by atomic mass is 9.69. The first kappa shape index (κ1) is 21.1. The number of allylic oxidation sites excluding steroid dienone is 2. The van der Waals surface area contributed by atoms with E-state index < -0.39 is 5.97 Å². The Morgan fingerprint density at radius 2 is 2.03 bits per heavy atom. The van der Waals surface area contributed by atoms with Gasteiger partial charge >= 0.3 is 5.97 Å². The van der Waals surface area contributed by atoms with Gasteiger partial charge in [-0.25, -0.2) is 0 Å². The molecule has 3 aliphatic rings. The number of rotatable bonds is 5. The van der Waals surface area contributed by atoms with Crippen molar-refractivity contribution >= 4 is 11.5 Å². The fourth-order valence-electron chi connectivity index (χ4n) is 6.06. The van der Waals surface area contributed by atoms with E-state index in [2.05, 4.69) is 39.0 Å². The summed E-state index contributed by atoms with van der Waals surface area (Å²) in [7, 11) is 0. The zero-order valence-corrected chi connectivity index (χ0v) is 19.2. The number of benzene rings is 2. The molecular weight excluding hydrogens is 400 g/mol. The molecule has 2 aromatic rings. The summed E-state index contributed by atoms with van der Waals surface area (Å²) in [4.78, 5) is 11.1. The second-order valence-corrected chi connectivity index (χ2v) is 10.2. The summed E-state index contributed by atoms with van der Waals surface area (Å²) in [5, 5.41) is 9.12. The van der Waals surface area contributed by atoms with Gasteiger partial charge in [-0.2, -0.15) is 0 Å². The van der Waals surface area contributed by atoms with Crippen molar-refractivity contribution in [3.63, 3.8) is 0 Å². The fourth-order valence-corrected chi connectivity index (χ4v) is 6.06. The van der Waals surface area contributed by atoms with Crippen molar-refractivity contribution in [2.45, 2.75) is 71.3 Å². The van der Waals surface area contributed by atoms with Crippen LogP contribution in [0.3, 0.4) is 0 Å². The maximum atomic E-state index is 11.1. The van der Waals surface area contributed by atoms with Crippen molar-refractivity contribution in [2.24, 2.45) is 5.41 Å². The summed E-state index contributed by atoms with van der Waals surface area (Å²) in [6.07, 6.45) is 5.84. The second kappa shape index (κ2) is 7.99. The molecule has 0 amide bonds. The first-order chi connectivity index (χ1) is 15.3. The SMILES string of the molecule is CC1=C(c2cccc3c2CCC3Oc2ccc3c(c2)OCC3CC(=O)O)C(C)(C)CCC1. The van der Waals surface area contributed by atoms with E-state index in [1.165, 1.54) is 47.1 Å². The van der Waals surface area contributed by atoms with E-state index in [4.69, 9.17) is 14.6 Å². The summed E-state index contributed by atoms with van der Waals surface area (Å²) in [6.45, 7) is 7.50. The van der Waals surface area contributed by atoms with Crippen molar-refractivity contribution in [1.82, 2.24) is 0 Å². The van der Waals surface area contributed by atoms with Crippen LogP contribution in [0.25, 0.3) is 5.57 Å². The van der Waals surface area contributed by atoms with E-state index in [9.17, 15) is 4.79 Å². The molecule has 0 saturated carbocycles. The topological polar surface area (TPSA) is 55.8 Å². The number of carboxylic acid groups (broad SMARTS) is 1. The van der Waals surface area contributed by atoms with Crippen molar-refractivity contribution in [3.05, 3.63) is 64.2 Å². The largest absolute Gasteiger partial charge is 0.492 e. The third kappa shape index (κ3) is 3.70. The van der Waals surface area contributed by atoms with Crippen LogP contribution < -0.4 is 9.47 Å². The molecule has 5 rings (SSSR count). The standard InChI is InChI=1S/C28H32O4/c1-17-6-5-13-28(2,3)27(17)23-8-4-7-22-21(23)11-12-24(22)32-19-9-10-20-18(14-26(29)30)16-31-25(20)15-19/h4,7-10,15,18,24H,5-6,11-14,16H2,1-3H3,(H,29,30). The summed E-state index contributed by atoms with van der Waals surface area (Å²) in [5.41, 5.74) is 8.41. The Hall–Kier alpha value is -2.75. The van der Waals surface area contributed by atoms with Gasteiger partial charge in [0, 0.05) is 17.5 Å². The van der Waals surface area contributed by atoms with E-state index in [1.807, 2.05) is 18.2 Å². The molecule has 168 valence electrons. The molecule has 2 atom stereocenters. The van der Waals surface area contributed by atoms with Crippen LogP contribution >= 0.6 is 0 Å². The van der Waals surface area contributed by atoms with Crippen LogP contribution in [-0.2, 0) is 11.2 Å². The molecule has 2 aliphatic carbocycles. The molecule has 0 spiro atoms. The van der Waals surface area contributed by atoms with Gasteiger partial charge in [-0.3, -0.25) is 4.79 Å². The van der Waals surface area contributed by atoms with Crippen LogP contribution in [0.4, 0.5) is 0 Å². The highest BCUT2D eigenvalue weighted by atomic mass is 16.5.